The van der Waals surface area contributed by atoms with Gasteiger partial charge in [0.25, 0.3) is 5.91 Å². The summed E-state index contributed by atoms with van der Waals surface area (Å²) in [7, 11) is 0. The van der Waals surface area contributed by atoms with Crippen LogP contribution in [0.3, 0.4) is 0 Å². The molecule has 2 atom stereocenters. The Hall–Kier alpha value is -4.21. The third kappa shape index (κ3) is 5.22. The first-order chi connectivity index (χ1) is 16.2. The lowest BCUT2D eigenvalue weighted by atomic mass is 9.91. The highest BCUT2D eigenvalue weighted by Crippen LogP contribution is 2.29. The fraction of sp³-hybridized carbons (Fsp3) is 0.292. The Morgan fingerprint density at radius 2 is 1.79 bits per heavy atom. The average molecular weight is 466 g/mol. The second-order valence-corrected chi connectivity index (χ2v) is 7.98. The largest absolute Gasteiger partial charge is 0.466 e. The molecular weight excluding hydrogens is 438 g/mol. The number of nitrogens with one attached hydrogen (secondary N) is 3. The molecular formula is C24H27N5O5. The predicted molar refractivity (Wildman–Crippen MR) is 124 cm³/mol. The molecule has 0 spiro atoms. The molecule has 0 radical (unpaired) electrons. The van der Waals surface area contributed by atoms with E-state index in [0.29, 0.717) is 16.7 Å². The SMILES string of the molecule is CCOC(=O)C[C@H](NC(=O)CN1C(=O)N[C@@](C)(c2ccc(C(=N)N)cc2)C1=O)c1ccccc1. The molecule has 5 N–H and O–H groups in total. The number of amides is 4. The molecule has 3 rings (SSSR count). The van der Waals surface area contributed by atoms with Crippen molar-refractivity contribution in [3.05, 3.63) is 71.3 Å². The zero-order valence-electron chi connectivity index (χ0n) is 19.0. The van der Waals surface area contributed by atoms with Crippen LogP contribution in [-0.4, -0.2) is 47.7 Å². The summed E-state index contributed by atoms with van der Waals surface area (Å²) in [5, 5.41) is 12.8. The van der Waals surface area contributed by atoms with Gasteiger partial charge in [-0.3, -0.25) is 24.7 Å². The molecule has 178 valence electrons. The van der Waals surface area contributed by atoms with Crippen LogP contribution in [0, 0.1) is 5.41 Å². The Labute approximate surface area is 197 Å². The van der Waals surface area contributed by atoms with Crippen molar-refractivity contribution < 1.29 is 23.9 Å². The normalized spacial score (nSPS) is 18.2. The van der Waals surface area contributed by atoms with Gasteiger partial charge in [-0.15, -0.1) is 0 Å². The number of benzene rings is 2. The number of nitrogens with two attached hydrogens (primary N) is 1. The van der Waals surface area contributed by atoms with Crippen molar-refractivity contribution in [2.75, 3.05) is 13.2 Å². The first kappa shape index (κ1) is 24.4. The number of ether oxygens (including phenoxy) is 1. The summed E-state index contributed by atoms with van der Waals surface area (Å²) in [4.78, 5) is 51.4. The fourth-order valence-corrected chi connectivity index (χ4v) is 3.73. The van der Waals surface area contributed by atoms with Crippen LogP contribution >= 0.6 is 0 Å². The highest BCUT2D eigenvalue weighted by molar-refractivity contribution is 6.09. The molecule has 10 heteroatoms. The van der Waals surface area contributed by atoms with Gasteiger partial charge < -0.3 is 21.1 Å². The molecule has 2 aromatic carbocycles. The number of urea groups is 1. The number of esters is 1. The molecule has 1 fully saturated rings. The minimum absolute atomic E-state index is 0.0933. The highest BCUT2D eigenvalue weighted by Gasteiger charge is 2.49. The number of hydrogen-bond acceptors (Lipinski definition) is 6. The van der Waals surface area contributed by atoms with Gasteiger partial charge in [-0.25, -0.2) is 4.79 Å². The van der Waals surface area contributed by atoms with Gasteiger partial charge in [-0.1, -0.05) is 54.6 Å². The molecule has 0 aliphatic carbocycles. The molecule has 0 unspecified atom stereocenters. The number of carbonyl (C=O) groups excluding carboxylic acids is 4. The van der Waals surface area contributed by atoms with Crippen LogP contribution in [0.25, 0.3) is 0 Å². The maximum atomic E-state index is 13.1. The van der Waals surface area contributed by atoms with Gasteiger partial charge >= 0.3 is 12.0 Å². The molecule has 1 aliphatic rings. The van der Waals surface area contributed by atoms with E-state index in [1.54, 1.807) is 62.4 Å². The summed E-state index contributed by atoms with van der Waals surface area (Å²) < 4.78 is 5.00. The third-order valence-electron chi connectivity index (χ3n) is 5.56. The number of carbonyl (C=O) groups is 4. The van der Waals surface area contributed by atoms with Gasteiger partial charge in [-0.2, -0.15) is 0 Å². The minimum Gasteiger partial charge on any atom is -0.466 e. The molecule has 1 saturated heterocycles. The summed E-state index contributed by atoms with van der Waals surface area (Å²) in [6.07, 6.45) is -0.0933. The minimum atomic E-state index is -1.38. The molecule has 1 aliphatic heterocycles. The second-order valence-electron chi connectivity index (χ2n) is 7.98. The number of hydrogen-bond donors (Lipinski definition) is 4. The van der Waals surface area contributed by atoms with E-state index in [1.165, 1.54) is 0 Å². The summed E-state index contributed by atoms with van der Waals surface area (Å²) in [5.41, 5.74) is 5.75. The van der Waals surface area contributed by atoms with E-state index in [-0.39, 0.29) is 18.9 Å². The number of nitrogen functional groups attached to an aromatic ring is 1. The van der Waals surface area contributed by atoms with Gasteiger partial charge in [0.15, 0.2) is 0 Å². The van der Waals surface area contributed by atoms with E-state index in [4.69, 9.17) is 15.9 Å². The van der Waals surface area contributed by atoms with E-state index in [1.807, 2.05) is 6.07 Å². The summed E-state index contributed by atoms with van der Waals surface area (Å²) >= 11 is 0. The maximum absolute atomic E-state index is 13.1. The van der Waals surface area contributed by atoms with Gasteiger partial charge in [0.05, 0.1) is 19.1 Å². The molecule has 0 saturated carbocycles. The van der Waals surface area contributed by atoms with Crippen molar-refractivity contribution in [3.8, 4) is 0 Å². The average Bonchev–Trinajstić information content (AvgIpc) is 3.03. The fourth-order valence-electron chi connectivity index (χ4n) is 3.73. The van der Waals surface area contributed by atoms with E-state index < -0.39 is 41.9 Å². The van der Waals surface area contributed by atoms with Crippen molar-refractivity contribution >= 4 is 29.7 Å². The lowest BCUT2D eigenvalue weighted by Crippen LogP contribution is -2.44. The summed E-state index contributed by atoms with van der Waals surface area (Å²) in [5.74, 6) is -1.79. The van der Waals surface area contributed by atoms with Crippen LogP contribution in [-0.2, 0) is 24.7 Å². The zero-order chi connectivity index (χ0) is 24.9. The monoisotopic (exact) mass is 465 g/mol. The molecule has 1 heterocycles. The van der Waals surface area contributed by atoms with E-state index >= 15 is 0 Å². The Bertz CT molecular complexity index is 1100. The van der Waals surface area contributed by atoms with Gasteiger partial charge in [-0.05, 0) is 25.0 Å². The van der Waals surface area contributed by atoms with Crippen LogP contribution in [0.2, 0.25) is 0 Å². The third-order valence-corrected chi connectivity index (χ3v) is 5.56. The Morgan fingerprint density at radius 1 is 1.15 bits per heavy atom. The highest BCUT2D eigenvalue weighted by atomic mass is 16.5. The predicted octanol–water partition coefficient (Wildman–Crippen LogP) is 1.55. The molecule has 4 amide bonds. The van der Waals surface area contributed by atoms with E-state index in [2.05, 4.69) is 10.6 Å². The number of imide groups is 1. The molecule has 10 nitrogen and oxygen atoms in total. The molecule has 34 heavy (non-hydrogen) atoms. The van der Waals surface area contributed by atoms with Crippen LogP contribution in [0.15, 0.2) is 54.6 Å². The quantitative estimate of drug-likeness (QED) is 0.191. The Morgan fingerprint density at radius 3 is 2.38 bits per heavy atom. The Kier molecular flexibility index (Phi) is 7.30. The van der Waals surface area contributed by atoms with E-state index in [9.17, 15) is 19.2 Å². The van der Waals surface area contributed by atoms with Gasteiger partial charge in [0, 0.05) is 5.56 Å². The van der Waals surface area contributed by atoms with Crippen LogP contribution < -0.4 is 16.4 Å². The Balaban J connectivity index is 1.74. The lowest BCUT2D eigenvalue weighted by molar-refractivity contribution is -0.144. The zero-order valence-corrected chi connectivity index (χ0v) is 19.0. The number of nitrogens with zero attached hydrogens (tertiary/aromatic N) is 1. The van der Waals surface area contributed by atoms with Crippen molar-refractivity contribution in [1.82, 2.24) is 15.5 Å². The standard InChI is InChI=1S/C24H27N5O5/c1-3-34-20(31)13-18(15-7-5-4-6-8-15)27-19(30)14-29-22(32)24(2,28-23(29)33)17-11-9-16(10-12-17)21(25)26/h4-12,18H,3,13-14H2,1-2H3,(H3,25,26)(H,27,30)(H,28,33)/t18-,24-/m0/s1. The van der Waals surface area contributed by atoms with Crippen LogP contribution in [0.1, 0.15) is 43.0 Å². The van der Waals surface area contributed by atoms with Gasteiger partial charge in [0.2, 0.25) is 5.91 Å². The lowest BCUT2D eigenvalue weighted by Gasteiger charge is -2.23. The molecule has 2 aromatic rings. The summed E-state index contributed by atoms with van der Waals surface area (Å²) in [6.45, 7) is 2.93. The first-order valence-corrected chi connectivity index (χ1v) is 10.7. The smallest absolute Gasteiger partial charge is 0.325 e. The number of amidine groups is 1. The maximum Gasteiger partial charge on any atom is 0.325 e. The van der Waals surface area contributed by atoms with E-state index in [0.717, 1.165) is 4.90 Å². The van der Waals surface area contributed by atoms with Crippen molar-refractivity contribution in [2.45, 2.75) is 31.8 Å². The van der Waals surface area contributed by atoms with Crippen molar-refractivity contribution in [1.29, 1.82) is 5.41 Å². The van der Waals surface area contributed by atoms with Crippen molar-refractivity contribution in [3.63, 3.8) is 0 Å². The molecule has 0 bridgehead atoms. The first-order valence-electron chi connectivity index (χ1n) is 10.7. The second kappa shape index (κ2) is 10.2. The molecule has 0 aromatic heterocycles. The van der Waals surface area contributed by atoms with Gasteiger partial charge in [0.1, 0.15) is 17.9 Å². The van der Waals surface area contributed by atoms with Crippen molar-refractivity contribution in [2.24, 2.45) is 5.73 Å². The van der Waals surface area contributed by atoms with Crippen LogP contribution in [0.4, 0.5) is 4.79 Å². The summed E-state index contributed by atoms with van der Waals surface area (Å²) in [6, 6.07) is 13.9. The van der Waals surface area contributed by atoms with Crippen LogP contribution in [0.5, 0.6) is 0 Å². The topological polar surface area (TPSA) is 155 Å². The number of rotatable bonds is 9.